The van der Waals surface area contributed by atoms with E-state index in [-0.39, 0.29) is 69.0 Å². The number of aromatic nitrogens is 2. The Labute approximate surface area is 421 Å². The zero-order chi connectivity index (χ0) is 50.9. The largest absolute Gasteiger partial charge is 0.343 e. The molecule has 71 heavy (non-hydrogen) atoms. The van der Waals surface area contributed by atoms with Gasteiger partial charge in [-0.2, -0.15) is 8.61 Å². The molecule has 0 spiro atoms. The molecular weight excluding hydrogens is 999 g/mol. The van der Waals surface area contributed by atoms with E-state index < -0.39 is 86.0 Å². The van der Waals surface area contributed by atoms with Gasteiger partial charge in [0.2, 0.25) is 43.7 Å². The number of hydrogen-bond donors (Lipinski definition) is 4. The molecule has 4 amide bonds. The minimum Gasteiger partial charge on any atom is -0.343 e. The Morgan fingerprint density at radius 1 is 0.690 bits per heavy atom. The first-order chi connectivity index (χ1) is 33.8. The summed E-state index contributed by atoms with van der Waals surface area (Å²) in [6.07, 6.45) is 4.04. The quantitative estimate of drug-likeness (QED) is 0.0997. The first-order valence-corrected chi connectivity index (χ1v) is 29.1. The first-order valence-electron chi connectivity index (χ1n) is 23.7. The molecule has 4 aliphatic rings. The Kier molecular flexibility index (Phi) is 16.1. The number of unbranched alkanes of at least 4 members (excludes halogenated alkanes) is 1. The summed E-state index contributed by atoms with van der Waals surface area (Å²) >= 11 is 2.68. The number of rotatable bonds is 19. The van der Waals surface area contributed by atoms with E-state index in [1.807, 2.05) is 10.8 Å². The highest BCUT2D eigenvalue weighted by Crippen LogP contribution is 2.45. The van der Waals surface area contributed by atoms with Gasteiger partial charge < -0.3 is 31.1 Å². The molecule has 18 nitrogen and oxygen atoms in total. The molecule has 2 aromatic heterocycles. The fourth-order valence-electron chi connectivity index (χ4n) is 10.7. The van der Waals surface area contributed by atoms with Crippen molar-refractivity contribution < 1.29 is 44.8 Å². The maximum atomic E-state index is 14.9. The molecule has 4 aliphatic heterocycles. The van der Waals surface area contributed by atoms with Crippen LogP contribution in [0.2, 0.25) is 0 Å². The van der Waals surface area contributed by atoms with Gasteiger partial charge in [-0.3, -0.25) is 19.2 Å². The van der Waals surface area contributed by atoms with Gasteiger partial charge in [-0.1, -0.05) is 12.8 Å². The van der Waals surface area contributed by atoms with Crippen LogP contribution in [-0.4, -0.2) is 170 Å². The molecular formula is C47H60F2N10O8S4. The van der Waals surface area contributed by atoms with Crippen LogP contribution in [0.15, 0.2) is 59.3 Å². The zero-order valence-electron chi connectivity index (χ0n) is 40.1. The number of carbonyl (C=O) groups is 4. The number of nitrogens with zero attached hydrogens (tertiary/aromatic N) is 6. The molecule has 24 heteroatoms. The van der Waals surface area contributed by atoms with Crippen LogP contribution >= 0.6 is 22.7 Å². The lowest BCUT2D eigenvalue weighted by Gasteiger charge is -2.32. The van der Waals surface area contributed by atoms with Crippen molar-refractivity contribution >= 4 is 66.3 Å². The average Bonchev–Trinajstić information content (AvgIpc) is 4.19. The number of sulfonamides is 2. The minimum atomic E-state index is -3.70. The molecule has 4 aromatic rings. The molecule has 2 aromatic carbocycles. The van der Waals surface area contributed by atoms with E-state index in [9.17, 15) is 44.8 Å². The van der Waals surface area contributed by atoms with E-state index >= 15 is 0 Å². The average molecular weight is 1060 g/mol. The summed E-state index contributed by atoms with van der Waals surface area (Å²) in [6, 6.07) is 6.92. The maximum Gasteiger partial charge on any atom is 0.245 e. The van der Waals surface area contributed by atoms with Gasteiger partial charge in [-0.15, -0.1) is 22.7 Å². The van der Waals surface area contributed by atoms with E-state index in [0.717, 1.165) is 12.5 Å². The number of fused-ring (bicyclic) bond motifs is 2. The summed E-state index contributed by atoms with van der Waals surface area (Å²) in [4.78, 5) is 69.4. The van der Waals surface area contributed by atoms with E-state index in [1.165, 1.54) is 55.5 Å². The van der Waals surface area contributed by atoms with Gasteiger partial charge in [0.05, 0.1) is 48.6 Å². The van der Waals surface area contributed by atoms with E-state index in [0.29, 0.717) is 58.2 Å². The van der Waals surface area contributed by atoms with Crippen LogP contribution in [0.3, 0.4) is 0 Å². The number of likely N-dealkylation sites (N-methyl/N-ethyl adjacent to an activating group) is 2. The number of nitrogens with one attached hydrogen (secondary N) is 4. The van der Waals surface area contributed by atoms with Crippen LogP contribution in [0.25, 0.3) is 21.1 Å². The fourth-order valence-corrected chi connectivity index (χ4v) is 14.8. The van der Waals surface area contributed by atoms with Gasteiger partial charge in [-0.05, 0) is 95.2 Å². The Morgan fingerprint density at radius 3 is 1.51 bits per heavy atom. The van der Waals surface area contributed by atoms with E-state index in [4.69, 9.17) is 9.97 Å². The predicted octanol–water partition coefficient (Wildman–Crippen LogP) is 2.93. The molecule has 0 radical (unpaired) electrons. The highest BCUT2D eigenvalue weighted by molar-refractivity contribution is 7.88. The molecule has 384 valence electrons. The van der Waals surface area contributed by atoms with Crippen molar-refractivity contribution in [1.82, 2.24) is 49.6 Å². The maximum absolute atomic E-state index is 14.9. The van der Waals surface area contributed by atoms with Crippen molar-refractivity contribution in [2.75, 3.05) is 59.3 Å². The van der Waals surface area contributed by atoms with Gasteiger partial charge in [-0.25, -0.2) is 35.6 Å². The molecule has 0 saturated carbocycles. The minimum absolute atomic E-state index is 0.0677. The predicted molar refractivity (Wildman–Crippen MR) is 266 cm³/mol. The second-order valence-corrected chi connectivity index (χ2v) is 24.4. The number of likely N-dealkylation sites (tertiary alicyclic amines) is 2. The highest BCUT2D eigenvalue weighted by atomic mass is 32.2. The lowest BCUT2D eigenvalue weighted by atomic mass is 9.95. The molecule has 8 rings (SSSR count). The normalized spacial score (nSPS) is 23.9. The van der Waals surface area contributed by atoms with Crippen molar-refractivity contribution in [3.63, 3.8) is 0 Å². The molecule has 0 aliphatic carbocycles. The van der Waals surface area contributed by atoms with Gasteiger partial charge in [0.25, 0.3) is 0 Å². The Bertz CT molecular complexity index is 2820. The molecule has 4 saturated heterocycles. The topological polar surface area (TPSA) is 223 Å². The second-order valence-electron chi connectivity index (χ2n) is 18.8. The summed E-state index contributed by atoms with van der Waals surface area (Å²) in [5.74, 6) is -3.36. The van der Waals surface area contributed by atoms with Gasteiger partial charge in [0, 0.05) is 72.0 Å². The van der Waals surface area contributed by atoms with Gasteiger partial charge >= 0.3 is 0 Å². The first kappa shape index (κ1) is 52.5. The van der Waals surface area contributed by atoms with Crippen LogP contribution in [0.5, 0.6) is 0 Å². The lowest BCUT2D eigenvalue weighted by Crippen LogP contribution is -2.54. The number of amides is 4. The van der Waals surface area contributed by atoms with Gasteiger partial charge in [0.1, 0.15) is 33.7 Å². The summed E-state index contributed by atoms with van der Waals surface area (Å²) in [5, 5.41) is 16.5. The third kappa shape index (κ3) is 11.4. The standard InChI is InChI=1S/C47H60F2N10O8S4/c1-27(51-3)43(61)53-35(47(63)57-21-19-39-42(57)33(24-59(39)71(5,66)67)37-26-69-45(55-37)29-12-16-31(49)17-13-29)9-7-6-8-34(52-40(60)22-50-2)46(62)56-20-18-38-41(56)32(23-58(38)70(4,64)65)36-25-68-44(54-36)28-10-14-30(48)15-11-28/h10-17,25-27,32-35,38-39,41-42,50-51H,6-9,18-24H2,1-5H3,(H,52,60)(H,53,61)/t27-,32+,33+,34-,35-,38+,39+,41+,42+/m0/s1. The third-order valence-corrected chi connectivity index (χ3v) is 18.6. The van der Waals surface area contributed by atoms with Gasteiger partial charge in [0.15, 0.2) is 0 Å². The number of carbonyl (C=O) groups excluding carboxylic acids is 4. The monoisotopic (exact) mass is 1060 g/mol. The summed E-state index contributed by atoms with van der Waals surface area (Å²) in [5.41, 5.74) is 2.61. The van der Waals surface area contributed by atoms with Crippen molar-refractivity contribution in [3.05, 3.63) is 82.3 Å². The highest BCUT2D eigenvalue weighted by Gasteiger charge is 2.56. The van der Waals surface area contributed by atoms with E-state index in [2.05, 4.69) is 21.3 Å². The molecule has 9 atom stereocenters. The Balaban J connectivity index is 1.01. The van der Waals surface area contributed by atoms with Crippen LogP contribution in [0.1, 0.15) is 68.7 Å². The summed E-state index contributed by atoms with van der Waals surface area (Å²) in [7, 11) is -4.17. The SMILES string of the molecule is CNCC(=O)N[C@@H](CCCC[C@H](NC(=O)[C@H](C)NC)C(=O)N1CC[C@@H]2[C@H]1[C@@H](c1csc(-c3ccc(F)cc3)n1)CN2S(C)(=O)=O)C(=O)N1CC[C@@H]2[C@H]1[C@@H](c1csc(-c3ccc(F)cc3)n1)CN2S(C)(=O)=O. The number of hydrogen-bond acceptors (Lipinski definition) is 14. The molecule has 0 bridgehead atoms. The lowest BCUT2D eigenvalue weighted by molar-refractivity contribution is -0.138. The van der Waals surface area contributed by atoms with Crippen LogP contribution in [0.4, 0.5) is 8.78 Å². The molecule has 6 heterocycles. The molecule has 4 fully saturated rings. The Hall–Kier alpha value is -4.82. The number of halogens is 2. The van der Waals surface area contributed by atoms with Crippen molar-refractivity contribution in [2.45, 2.75) is 99.6 Å². The van der Waals surface area contributed by atoms with Crippen molar-refractivity contribution in [1.29, 1.82) is 0 Å². The fraction of sp³-hybridized carbons (Fsp3) is 0.532. The number of thiazole rings is 2. The summed E-state index contributed by atoms with van der Waals surface area (Å²) in [6.45, 7) is 2.26. The van der Waals surface area contributed by atoms with Crippen molar-refractivity contribution in [2.24, 2.45) is 0 Å². The van der Waals surface area contributed by atoms with Crippen LogP contribution in [-0.2, 0) is 39.2 Å². The molecule has 4 N–H and O–H groups in total. The second kappa shape index (κ2) is 21.7. The summed E-state index contributed by atoms with van der Waals surface area (Å²) < 4.78 is 83.1. The Morgan fingerprint density at radius 2 is 1.11 bits per heavy atom. The third-order valence-electron chi connectivity index (χ3n) is 14.2. The van der Waals surface area contributed by atoms with E-state index in [1.54, 1.807) is 55.1 Å². The van der Waals surface area contributed by atoms with Crippen LogP contribution in [0, 0.1) is 11.6 Å². The smallest absolute Gasteiger partial charge is 0.245 e. The zero-order valence-corrected chi connectivity index (χ0v) is 43.4. The van der Waals surface area contributed by atoms with Crippen molar-refractivity contribution in [3.8, 4) is 21.1 Å². The van der Waals surface area contributed by atoms with Crippen LogP contribution < -0.4 is 21.3 Å². The molecule has 0 unspecified atom stereocenters. The number of benzene rings is 2.